The summed E-state index contributed by atoms with van der Waals surface area (Å²) < 4.78 is 13.2. The molecular formula is C23H28FN3. The summed E-state index contributed by atoms with van der Waals surface area (Å²) in [6.45, 7) is 3.04. The predicted octanol–water partition coefficient (Wildman–Crippen LogP) is 6.02. The molecule has 0 saturated heterocycles. The van der Waals surface area contributed by atoms with Crippen molar-refractivity contribution >= 4 is 0 Å². The molecule has 1 aromatic heterocycles. The largest absolute Gasteiger partial charge is 0.341 e. The van der Waals surface area contributed by atoms with Crippen molar-refractivity contribution in [1.29, 1.82) is 0 Å². The van der Waals surface area contributed by atoms with Gasteiger partial charge in [-0.15, -0.1) is 0 Å². The van der Waals surface area contributed by atoms with Crippen molar-refractivity contribution in [1.82, 2.24) is 15.3 Å². The molecular weight excluding hydrogens is 337 g/mol. The Hall–Kier alpha value is -2.46. The number of H-pyrrole nitrogens is 1. The van der Waals surface area contributed by atoms with Crippen molar-refractivity contribution in [3.8, 4) is 11.3 Å². The number of nitrogens with zero attached hydrogens (tertiary/aromatic N) is 1. The summed E-state index contributed by atoms with van der Waals surface area (Å²) >= 11 is 0. The molecule has 0 aliphatic heterocycles. The van der Waals surface area contributed by atoms with Crippen LogP contribution in [0.25, 0.3) is 11.3 Å². The summed E-state index contributed by atoms with van der Waals surface area (Å²) in [5.74, 6) is 0.721. The first-order valence-corrected chi connectivity index (χ1v) is 9.84. The number of benzene rings is 2. The highest BCUT2D eigenvalue weighted by atomic mass is 19.1. The molecule has 4 heteroatoms. The molecule has 3 rings (SSSR count). The zero-order chi connectivity index (χ0) is 18.9. The van der Waals surface area contributed by atoms with Crippen molar-refractivity contribution in [2.45, 2.75) is 51.6 Å². The molecule has 142 valence electrons. The Kier molecular flexibility index (Phi) is 7.17. The molecule has 0 aliphatic rings. The normalized spacial score (nSPS) is 12.2. The van der Waals surface area contributed by atoms with Gasteiger partial charge >= 0.3 is 0 Å². The van der Waals surface area contributed by atoms with E-state index in [-0.39, 0.29) is 11.9 Å². The number of imidazole rings is 1. The lowest BCUT2D eigenvalue weighted by Gasteiger charge is -2.17. The zero-order valence-electron chi connectivity index (χ0n) is 15.9. The number of nitrogens with one attached hydrogen (secondary N) is 2. The van der Waals surface area contributed by atoms with E-state index in [1.54, 1.807) is 12.1 Å². The van der Waals surface area contributed by atoms with Gasteiger partial charge in [0, 0.05) is 6.54 Å². The van der Waals surface area contributed by atoms with Gasteiger partial charge in [-0.25, -0.2) is 9.37 Å². The van der Waals surface area contributed by atoms with E-state index < -0.39 is 0 Å². The minimum atomic E-state index is -0.225. The van der Waals surface area contributed by atoms with E-state index in [1.165, 1.54) is 43.4 Å². The monoisotopic (exact) mass is 365 g/mol. The quantitative estimate of drug-likeness (QED) is 0.432. The first-order valence-electron chi connectivity index (χ1n) is 9.84. The van der Waals surface area contributed by atoms with Gasteiger partial charge in [-0.3, -0.25) is 0 Å². The Bertz CT molecular complexity index is 796. The Morgan fingerprint density at radius 3 is 2.52 bits per heavy atom. The number of hydrogen-bond donors (Lipinski definition) is 2. The highest BCUT2D eigenvalue weighted by molar-refractivity contribution is 5.58. The average molecular weight is 365 g/mol. The van der Waals surface area contributed by atoms with Crippen LogP contribution in [-0.2, 0) is 6.54 Å². The van der Waals surface area contributed by atoms with E-state index in [4.69, 9.17) is 0 Å². The van der Waals surface area contributed by atoms with Crippen LogP contribution in [0, 0.1) is 5.82 Å². The van der Waals surface area contributed by atoms with Crippen LogP contribution in [0.15, 0.2) is 60.8 Å². The molecule has 0 radical (unpaired) electrons. The lowest BCUT2D eigenvalue weighted by atomic mass is 10.1. The maximum Gasteiger partial charge on any atom is 0.123 e. The van der Waals surface area contributed by atoms with Crippen molar-refractivity contribution in [3.63, 3.8) is 0 Å². The Labute approximate surface area is 161 Å². The lowest BCUT2D eigenvalue weighted by molar-refractivity contribution is 0.453. The van der Waals surface area contributed by atoms with Gasteiger partial charge in [0.15, 0.2) is 0 Å². The molecule has 3 aromatic rings. The van der Waals surface area contributed by atoms with Gasteiger partial charge in [-0.05, 0) is 41.8 Å². The summed E-state index contributed by atoms with van der Waals surface area (Å²) in [6.07, 6.45) is 7.80. The first-order chi connectivity index (χ1) is 13.3. The zero-order valence-corrected chi connectivity index (χ0v) is 15.9. The highest BCUT2D eigenvalue weighted by Gasteiger charge is 2.15. The summed E-state index contributed by atoms with van der Waals surface area (Å²) in [5.41, 5.74) is 3.13. The molecule has 0 fully saturated rings. The molecule has 27 heavy (non-hydrogen) atoms. The van der Waals surface area contributed by atoms with E-state index in [2.05, 4.69) is 46.5 Å². The minimum Gasteiger partial charge on any atom is -0.341 e. The minimum absolute atomic E-state index is 0.177. The number of rotatable bonds is 10. The Morgan fingerprint density at radius 1 is 1.00 bits per heavy atom. The van der Waals surface area contributed by atoms with Gasteiger partial charge in [-0.1, -0.05) is 62.9 Å². The number of aromatic nitrogens is 2. The van der Waals surface area contributed by atoms with Crippen molar-refractivity contribution in [2.24, 2.45) is 0 Å². The summed E-state index contributed by atoms with van der Waals surface area (Å²) in [4.78, 5) is 8.04. The second-order valence-electron chi connectivity index (χ2n) is 6.96. The van der Waals surface area contributed by atoms with Crippen LogP contribution in [0.1, 0.15) is 56.5 Å². The maximum absolute atomic E-state index is 13.2. The van der Waals surface area contributed by atoms with Crippen LogP contribution in [0.3, 0.4) is 0 Å². The Morgan fingerprint density at radius 2 is 1.78 bits per heavy atom. The van der Waals surface area contributed by atoms with Crippen LogP contribution in [0.2, 0.25) is 0 Å². The third kappa shape index (κ3) is 5.76. The van der Waals surface area contributed by atoms with Crippen molar-refractivity contribution in [3.05, 3.63) is 78.0 Å². The van der Waals surface area contributed by atoms with E-state index in [0.717, 1.165) is 30.0 Å². The third-order valence-electron chi connectivity index (χ3n) is 4.82. The lowest BCUT2D eigenvalue weighted by Crippen LogP contribution is -2.22. The molecule has 0 saturated carbocycles. The van der Waals surface area contributed by atoms with Crippen molar-refractivity contribution in [2.75, 3.05) is 0 Å². The summed E-state index contributed by atoms with van der Waals surface area (Å²) in [6, 6.07) is 17.1. The number of halogens is 1. The fourth-order valence-electron chi connectivity index (χ4n) is 3.24. The topological polar surface area (TPSA) is 40.7 Å². The molecule has 1 heterocycles. The maximum atomic E-state index is 13.2. The standard InChI is InChI=1S/C23H28FN3/c1-2-3-4-8-11-21(25-16-18-9-6-5-7-10-18)23-26-17-22(27-23)19-12-14-20(24)15-13-19/h5-7,9-10,12-15,17,21,25H,2-4,8,11,16H2,1H3,(H,26,27)/t21-/m0/s1. The molecule has 3 nitrogen and oxygen atoms in total. The first kappa shape index (κ1) is 19.3. The van der Waals surface area contributed by atoms with Crippen molar-refractivity contribution < 1.29 is 4.39 Å². The van der Waals surface area contributed by atoms with Gasteiger partial charge in [0.05, 0.1) is 17.9 Å². The SMILES string of the molecule is CCCCCC[C@H](NCc1ccccc1)c1ncc(-c2ccc(F)cc2)[nH]1. The molecule has 0 bridgehead atoms. The predicted molar refractivity (Wildman–Crippen MR) is 109 cm³/mol. The summed E-state index contributed by atoms with van der Waals surface area (Å²) in [5, 5.41) is 3.65. The molecule has 0 amide bonds. The highest BCUT2D eigenvalue weighted by Crippen LogP contribution is 2.23. The average Bonchev–Trinajstić information content (AvgIpc) is 3.19. The second-order valence-corrected chi connectivity index (χ2v) is 6.96. The molecule has 0 aliphatic carbocycles. The van der Waals surface area contributed by atoms with E-state index in [1.807, 2.05) is 12.3 Å². The van der Waals surface area contributed by atoms with Crippen LogP contribution in [0.4, 0.5) is 4.39 Å². The van der Waals surface area contributed by atoms with Crippen LogP contribution < -0.4 is 5.32 Å². The number of aromatic amines is 1. The number of unbranched alkanes of at least 4 members (excludes halogenated alkanes) is 3. The van der Waals surface area contributed by atoms with Gasteiger partial charge in [0.2, 0.25) is 0 Å². The van der Waals surface area contributed by atoms with Gasteiger partial charge in [0.1, 0.15) is 11.6 Å². The fourth-order valence-corrected chi connectivity index (χ4v) is 3.24. The van der Waals surface area contributed by atoms with Gasteiger partial charge < -0.3 is 10.3 Å². The van der Waals surface area contributed by atoms with E-state index >= 15 is 0 Å². The Balaban J connectivity index is 1.70. The molecule has 2 aromatic carbocycles. The van der Waals surface area contributed by atoms with Crippen LogP contribution in [-0.4, -0.2) is 9.97 Å². The van der Waals surface area contributed by atoms with Crippen LogP contribution in [0.5, 0.6) is 0 Å². The molecule has 0 unspecified atom stereocenters. The van der Waals surface area contributed by atoms with Gasteiger partial charge in [-0.2, -0.15) is 0 Å². The number of hydrogen-bond acceptors (Lipinski definition) is 2. The molecule has 0 spiro atoms. The summed E-state index contributed by atoms with van der Waals surface area (Å²) in [7, 11) is 0. The van der Waals surface area contributed by atoms with Gasteiger partial charge in [0.25, 0.3) is 0 Å². The third-order valence-corrected chi connectivity index (χ3v) is 4.82. The second kappa shape index (κ2) is 10.0. The van der Waals surface area contributed by atoms with E-state index in [9.17, 15) is 4.39 Å². The fraction of sp³-hybridized carbons (Fsp3) is 0.348. The van der Waals surface area contributed by atoms with E-state index in [0.29, 0.717) is 0 Å². The molecule has 2 N–H and O–H groups in total. The van der Waals surface area contributed by atoms with Crippen LogP contribution >= 0.6 is 0 Å². The molecule has 1 atom stereocenters. The smallest absolute Gasteiger partial charge is 0.123 e.